The Bertz CT molecular complexity index is 646. The largest absolute Gasteiger partial charge is 0.459 e. The van der Waals surface area contributed by atoms with Crippen LogP contribution in [0.1, 0.15) is 44.1 Å². The lowest BCUT2D eigenvalue weighted by Crippen LogP contribution is -2.32. The fourth-order valence-electron chi connectivity index (χ4n) is 3.20. The molecule has 26 heavy (non-hydrogen) atoms. The molecule has 0 fully saturated rings. The van der Waals surface area contributed by atoms with E-state index in [1.165, 1.54) is 5.57 Å². The van der Waals surface area contributed by atoms with Crippen molar-refractivity contribution in [3.05, 3.63) is 53.0 Å². The van der Waals surface area contributed by atoms with E-state index in [0.29, 0.717) is 18.7 Å². The van der Waals surface area contributed by atoms with Crippen molar-refractivity contribution in [2.75, 3.05) is 13.7 Å². The molecule has 1 aliphatic rings. The molecule has 0 radical (unpaired) electrons. The summed E-state index contributed by atoms with van der Waals surface area (Å²) in [6.45, 7) is 6.58. The quantitative estimate of drug-likeness (QED) is 0.622. The van der Waals surface area contributed by atoms with Gasteiger partial charge in [-0.2, -0.15) is 0 Å². The molecule has 2 rings (SSSR count). The van der Waals surface area contributed by atoms with E-state index in [4.69, 9.17) is 18.9 Å². The van der Waals surface area contributed by atoms with Crippen molar-refractivity contribution in [3.8, 4) is 0 Å². The number of hydrogen-bond acceptors (Lipinski definition) is 5. The van der Waals surface area contributed by atoms with Gasteiger partial charge in [0.15, 0.2) is 0 Å². The molecule has 1 atom stereocenters. The van der Waals surface area contributed by atoms with Crippen LogP contribution in [-0.2, 0) is 16.0 Å². The second-order valence-electron chi connectivity index (χ2n) is 6.56. The number of methoxy groups -OCH3 is 1. The van der Waals surface area contributed by atoms with Gasteiger partial charge >= 0.3 is 7.12 Å². The monoisotopic (exact) mass is 360 g/mol. The van der Waals surface area contributed by atoms with E-state index in [2.05, 4.69) is 13.5 Å². The van der Waals surface area contributed by atoms with Crippen LogP contribution in [0.15, 0.2) is 45.9 Å². The van der Waals surface area contributed by atoms with E-state index in [1.807, 2.05) is 18.2 Å². The van der Waals surface area contributed by atoms with E-state index in [-0.39, 0.29) is 12.7 Å². The molecule has 1 aromatic rings. The van der Waals surface area contributed by atoms with Crippen molar-refractivity contribution in [2.24, 2.45) is 0 Å². The van der Waals surface area contributed by atoms with E-state index < -0.39 is 7.12 Å². The van der Waals surface area contributed by atoms with E-state index in [9.17, 15) is 5.02 Å². The molecule has 1 aliphatic heterocycles. The average molecular weight is 360 g/mol. The van der Waals surface area contributed by atoms with E-state index >= 15 is 0 Å². The Labute approximate surface area is 156 Å². The van der Waals surface area contributed by atoms with Crippen molar-refractivity contribution in [1.82, 2.24) is 0 Å². The summed E-state index contributed by atoms with van der Waals surface area (Å²) < 4.78 is 16.5. The lowest BCUT2D eigenvalue weighted by molar-refractivity contribution is 0.176. The number of aliphatic hydroxyl groups is 1. The van der Waals surface area contributed by atoms with Crippen LogP contribution >= 0.6 is 0 Å². The van der Waals surface area contributed by atoms with Gasteiger partial charge in [-0.15, -0.1) is 0 Å². The van der Waals surface area contributed by atoms with Crippen LogP contribution in [0.5, 0.6) is 0 Å². The van der Waals surface area contributed by atoms with Crippen molar-refractivity contribution >= 4 is 13.2 Å². The first kappa shape index (κ1) is 20.7. The fourth-order valence-corrected chi connectivity index (χ4v) is 3.20. The normalized spacial score (nSPS) is 18.2. The first-order valence-corrected chi connectivity index (χ1v) is 9.17. The Hall–Kier alpha value is -1.60. The Kier molecular flexibility index (Phi) is 8.39. The van der Waals surface area contributed by atoms with Gasteiger partial charge in [-0.1, -0.05) is 31.6 Å². The van der Waals surface area contributed by atoms with Crippen molar-refractivity contribution < 1.29 is 23.9 Å². The van der Waals surface area contributed by atoms with Gasteiger partial charge in [-0.05, 0) is 48.6 Å². The van der Waals surface area contributed by atoms with Crippen LogP contribution in [0, 0.1) is 0 Å². The van der Waals surface area contributed by atoms with E-state index in [1.54, 1.807) is 13.2 Å². The summed E-state index contributed by atoms with van der Waals surface area (Å²) in [4.78, 5) is 0. The standard InChI is InChI=1S/C20H29BO5/c1-4-5-16(12-17-7-8-18(13-22)25-17)6-9-20-19(15(2)14-24-3)10-11-21(23)26-20/h7-8,10,12,20,22-23H,2,4-6,9,11,13-14H2,1,3H3/b16-12+. The van der Waals surface area contributed by atoms with Crippen molar-refractivity contribution in [3.63, 3.8) is 0 Å². The van der Waals surface area contributed by atoms with Gasteiger partial charge in [0.05, 0.1) is 12.7 Å². The summed E-state index contributed by atoms with van der Waals surface area (Å²) in [5.41, 5.74) is 3.17. The molecule has 2 heterocycles. The Morgan fingerprint density at radius 1 is 1.42 bits per heavy atom. The Morgan fingerprint density at radius 2 is 2.23 bits per heavy atom. The van der Waals surface area contributed by atoms with Gasteiger partial charge in [0.1, 0.15) is 18.1 Å². The number of furan rings is 1. The van der Waals surface area contributed by atoms with Crippen LogP contribution in [0.25, 0.3) is 6.08 Å². The zero-order chi connectivity index (χ0) is 18.9. The van der Waals surface area contributed by atoms with Gasteiger partial charge < -0.3 is 23.9 Å². The van der Waals surface area contributed by atoms with Gasteiger partial charge in [0.25, 0.3) is 0 Å². The molecule has 5 nitrogen and oxygen atoms in total. The highest BCUT2D eigenvalue weighted by Gasteiger charge is 2.28. The minimum absolute atomic E-state index is 0.0967. The number of ether oxygens (including phenoxy) is 1. The van der Waals surface area contributed by atoms with Gasteiger partial charge in [-0.3, -0.25) is 0 Å². The highest BCUT2D eigenvalue weighted by atomic mass is 16.5. The molecular weight excluding hydrogens is 331 g/mol. The fraction of sp³-hybridized carbons (Fsp3) is 0.500. The first-order valence-electron chi connectivity index (χ1n) is 9.17. The minimum atomic E-state index is -0.769. The average Bonchev–Trinajstić information content (AvgIpc) is 3.07. The minimum Gasteiger partial charge on any atom is -0.459 e. The molecule has 0 aromatic carbocycles. The van der Waals surface area contributed by atoms with Crippen LogP contribution in [0.2, 0.25) is 6.32 Å². The van der Waals surface area contributed by atoms with Crippen LogP contribution in [0.4, 0.5) is 0 Å². The van der Waals surface area contributed by atoms with E-state index in [0.717, 1.165) is 42.6 Å². The van der Waals surface area contributed by atoms with Crippen LogP contribution < -0.4 is 0 Å². The third-order valence-corrected chi connectivity index (χ3v) is 4.42. The summed E-state index contributed by atoms with van der Waals surface area (Å²) >= 11 is 0. The van der Waals surface area contributed by atoms with Crippen molar-refractivity contribution in [1.29, 1.82) is 0 Å². The lowest BCUT2D eigenvalue weighted by Gasteiger charge is -2.28. The van der Waals surface area contributed by atoms with Gasteiger partial charge in [-0.25, -0.2) is 0 Å². The van der Waals surface area contributed by atoms with Crippen LogP contribution in [0.3, 0.4) is 0 Å². The molecule has 142 valence electrons. The predicted octanol–water partition coefficient (Wildman–Crippen LogP) is 3.74. The molecule has 0 saturated carbocycles. The summed E-state index contributed by atoms with van der Waals surface area (Å²) in [5.74, 6) is 1.31. The second kappa shape index (κ2) is 10.5. The number of allylic oxidation sites excluding steroid dienone is 2. The maximum absolute atomic E-state index is 9.86. The Morgan fingerprint density at radius 3 is 2.88 bits per heavy atom. The molecule has 1 aromatic heterocycles. The molecule has 0 amide bonds. The lowest BCUT2D eigenvalue weighted by atomic mass is 9.78. The summed E-state index contributed by atoms with van der Waals surface area (Å²) in [6, 6.07) is 3.65. The molecule has 0 aliphatic carbocycles. The number of rotatable bonds is 10. The molecule has 0 bridgehead atoms. The maximum atomic E-state index is 9.86. The highest BCUT2D eigenvalue weighted by Crippen LogP contribution is 2.29. The van der Waals surface area contributed by atoms with Gasteiger partial charge in [0.2, 0.25) is 0 Å². The highest BCUT2D eigenvalue weighted by molar-refractivity contribution is 6.43. The molecule has 0 saturated heterocycles. The SMILES string of the molecule is C=C(COC)C1=CCB(O)OC1CC/C(=C/c1ccc(CO)o1)CCC. The number of aliphatic hydroxyl groups excluding tert-OH is 1. The summed E-state index contributed by atoms with van der Waals surface area (Å²) in [5, 5.41) is 19.0. The predicted molar refractivity (Wildman–Crippen MR) is 104 cm³/mol. The van der Waals surface area contributed by atoms with Crippen molar-refractivity contribution in [2.45, 2.75) is 51.6 Å². The van der Waals surface area contributed by atoms with Crippen LogP contribution in [-0.4, -0.2) is 37.1 Å². The zero-order valence-electron chi connectivity index (χ0n) is 15.7. The molecule has 0 spiro atoms. The molecular formula is C20H29BO5. The third-order valence-electron chi connectivity index (χ3n) is 4.42. The Balaban J connectivity index is 2.07. The summed E-state index contributed by atoms with van der Waals surface area (Å²) in [6.07, 6.45) is 7.91. The first-order chi connectivity index (χ1) is 12.6. The summed E-state index contributed by atoms with van der Waals surface area (Å²) in [7, 11) is 0.876. The molecule has 6 heteroatoms. The number of hydrogen-bond donors (Lipinski definition) is 2. The molecule has 1 unspecified atom stereocenters. The third kappa shape index (κ3) is 5.99. The smallest absolute Gasteiger partial charge is 0.458 e. The zero-order valence-corrected chi connectivity index (χ0v) is 15.7. The second-order valence-corrected chi connectivity index (χ2v) is 6.56. The van der Waals surface area contributed by atoms with Gasteiger partial charge in [0, 0.05) is 13.4 Å². The molecule has 2 N–H and O–H groups in total. The topological polar surface area (TPSA) is 72.1 Å². The maximum Gasteiger partial charge on any atom is 0.458 e.